The highest BCUT2D eigenvalue weighted by Crippen LogP contribution is 2.53. The molecule has 1 spiro atoms. The molecule has 2 unspecified atom stereocenters. The number of nitrogens with zero attached hydrogens (tertiary/aromatic N) is 3. The van der Waals surface area contributed by atoms with Crippen molar-refractivity contribution >= 4 is 35.4 Å². The number of esters is 2. The normalized spacial score (nSPS) is 30.8. The van der Waals surface area contributed by atoms with E-state index in [1.165, 1.54) is 0 Å². The summed E-state index contributed by atoms with van der Waals surface area (Å²) in [4.78, 5) is 26.4. The van der Waals surface area contributed by atoms with Gasteiger partial charge in [0.15, 0.2) is 0 Å². The van der Waals surface area contributed by atoms with Crippen LogP contribution in [0.25, 0.3) is 0 Å². The first-order valence-corrected chi connectivity index (χ1v) is 10.5. The van der Waals surface area contributed by atoms with E-state index in [1.54, 1.807) is 11.8 Å². The van der Waals surface area contributed by atoms with Gasteiger partial charge < -0.3 is 9.47 Å². The Hall–Kier alpha value is -1.45. The number of aromatic nitrogens is 2. The lowest BCUT2D eigenvalue weighted by atomic mass is 9.74. The fourth-order valence-corrected chi connectivity index (χ4v) is 5.60. The van der Waals surface area contributed by atoms with Crippen molar-refractivity contribution in [2.24, 2.45) is 5.92 Å². The second-order valence-corrected chi connectivity index (χ2v) is 8.86. The molecule has 9 heteroatoms. The Morgan fingerprint density at radius 2 is 1.92 bits per heavy atom. The van der Waals surface area contributed by atoms with E-state index < -0.39 is 17.8 Å². The fourth-order valence-electron chi connectivity index (χ4n) is 3.94. The van der Waals surface area contributed by atoms with Crippen LogP contribution in [0.3, 0.4) is 0 Å². The summed E-state index contributed by atoms with van der Waals surface area (Å²) in [6, 6.07) is 0. The summed E-state index contributed by atoms with van der Waals surface area (Å²) < 4.78 is 20.5. The smallest absolute Gasteiger partial charge is 0.335 e. The van der Waals surface area contributed by atoms with Crippen molar-refractivity contribution in [1.82, 2.24) is 13.6 Å². The molecule has 0 N–H and O–H groups in total. The maximum Gasteiger partial charge on any atom is 0.335 e. The van der Waals surface area contributed by atoms with E-state index in [1.807, 2.05) is 4.90 Å². The van der Waals surface area contributed by atoms with Gasteiger partial charge >= 0.3 is 17.8 Å². The van der Waals surface area contributed by atoms with E-state index in [0.717, 1.165) is 67.0 Å². The number of carbonyl (C=O) groups excluding carboxylic acids is 2. The van der Waals surface area contributed by atoms with Gasteiger partial charge in [-0.2, -0.15) is 8.75 Å². The summed E-state index contributed by atoms with van der Waals surface area (Å²) in [6.45, 7) is 5.74. The standard InChI is InChI=1S/C17H21N3O4S2/c1-3-10(2)25-16-15(18-26-19-16)14-11-6-8-20(9-7-11)17(14)23-12(21)4-5-13(22)24-17/h4-5,10-11,14H,3,6-9H2,1-2H3. The second kappa shape index (κ2) is 6.94. The predicted octanol–water partition coefficient (Wildman–Crippen LogP) is 2.55. The molecule has 26 heavy (non-hydrogen) atoms. The van der Waals surface area contributed by atoms with Crippen LogP contribution in [0.1, 0.15) is 44.7 Å². The van der Waals surface area contributed by atoms with Gasteiger partial charge in [-0.05, 0) is 25.2 Å². The topological polar surface area (TPSA) is 81.6 Å². The highest BCUT2D eigenvalue weighted by molar-refractivity contribution is 7.99. The number of piperidine rings is 3. The number of carbonyl (C=O) groups is 2. The average Bonchev–Trinajstić information content (AvgIpc) is 3.02. The largest absolute Gasteiger partial charge is 0.404 e. The lowest BCUT2D eigenvalue weighted by molar-refractivity contribution is -0.324. The van der Waals surface area contributed by atoms with Crippen LogP contribution in [-0.2, 0) is 19.1 Å². The number of thioether (sulfide) groups is 1. The Morgan fingerprint density at radius 1 is 1.27 bits per heavy atom. The molecule has 0 aliphatic carbocycles. The molecule has 2 atom stereocenters. The molecule has 0 aromatic carbocycles. The highest BCUT2D eigenvalue weighted by atomic mass is 32.2. The lowest BCUT2D eigenvalue weighted by Crippen LogP contribution is -2.66. The molecule has 2 bridgehead atoms. The van der Waals surface area contributed by atoms with Gasteiger partial charge in [0.05, 0.1) is 11.7 Å². The first-order chi connectivity index (χ1) is 12.5. The molecule has 3 fully saturated rings. The van der Waals surface area contributed by atoms with Crippen molar-refractivity contribution in [3.63, 3.8) is 0 Å². The van der Waals surface area contributed by atoms with E-state index in [9.17, 15) is 9.59 Å². The minimum absolute atomic E-state index is 0.235. The predicted molar refractivity (Wildman–Crippen MR) is 96.6 cm³/mol. The molecule has 1 aromatic rings. The zero-order valence-corrected chi connectivity index (χ0v) is 16.3. The minimum Gasteiger partial charge on any atom is -0.404 e. The van der Waals surface area contributed by atoms with Crippen molar-refractivity contribution < 1.29 is 19.1 Å². The van der Waals surface area contributed by atoms with E-state index >= 15 is 0 Å². The maximum absolute atomic E-state index is 12.2. The van der Waals surface area contributed by atoms with Gasteiger partial charge in [0.1, 0.15) is 16.6 Å². The third-order valence-electron chi connectivity index (χ3n) is 5.36. The van der Waals surface area contributed by atoms with Crippen molar-refractivity contribution in [1.29, 1.82) is 0 Å². The van der Waals surface area contributed by atoms with Crippen LogP contribution in [0.4, 0.5) is 0 Å². The second-order valence-electron chi connectivity index (χ2n) is 6.90. The Balaban J connectivity index is 1.77. The molecular weight excluding hydrogens is 374 g/mol. The fraction of sp³-hybridized carbons (Fsp3) is 0.647. The number of fused-ring (bicyclic) bond motifs is 2. The Kier molecular flexibility index (Phi) is 4.79. The summed E-state index contributed by atoms with van der Waals surface area (Å²) in [6.07, 6.45) is 5.19. The van der Waals surface area contributed by atoms with Gasteiger partial charge in [-0.1, -0.05) is 13.8 Å². The van der Waals surface area contributed by atoms with Crippen LogP contribution < -0.4 is 0 Å². The molecule has 4 aliphatic rings. The Bertz CT molecular complexity index is 722. The van der Waals surface area contributed by atoms with Crippen LogP contribution in [0, 0.1) is 5.92 Å². The molecule has 0 amide bonds. The van der Waals surface area contributed by atoms with Gasteiger partial charge in [0.2, 0.25) is 0 Å². The summed E-state index contributed by atoms with van der Waals surface area (Å²) in [7, 11) is 0. The van der Waals surface area contributed by atoms with Crippen molar-refractivity contribution in [2.45, 2.75) is 55.2 Å². The van der Waals surface area contributed by atoms with Gasteiger partial charge in [-0.15, -0.1) is 11.8 Å². The van der Waals surface area contributed by atoms with Gasteiger partial charge in [-0.25, -0.2) is 14.5 Å². The van der Waals surface area contributed by atoms with Crippen molar-refractivity contribution in [3.8, 4) is 0 Å². The molecule has 7 nitrogen and oxygen atoms in total. The minimum atomic E-state index is -1.42. The van der Waals surface area contributed by atoms with Crippen molar-refractivity contribution in [2.75, 3.05) is 13.1 Å². The summed E-state index contributed by atoms with van der Waals surface area (Å²) in [5.74, 6) is -2.62. The average molecular weight is 396 g/mol. The zero-order chi connectivity index (χ0) is 18.3. The van der Waals surface area contributed by atoms with E-state index in [-0.39, 0.29) is 11.8 Å². The van der Waals surface area contributed by atoms with Crippen LogP contribution in [0.5, 0.6) is 0 Å². The zero-order valence-electron chi connectivity index (χ0n) is 14.7. The van der Waals surface area contributed by atoms with Crippen molar-refractivity contribution in [3.05, 3.63) is 17.8 Å². The third kappa shape index (κ3) is 2.95. The SMILES string of the molecule is CCC(C)Sc1nsnc1C1C2CCN(CC2)C12OC(=O)C=CC(=O)O2. The molecule has 0 saturated carbocycles. The number of rotatable bonds is 4. The van der Waals surface area contributed by atoms with E-state index in [2.05, 4.69) is 22.6 Å². The summed E-state index contributed by atoms with van der Waals surface area (Å²) in [5.41, 5.74) is 0.789. The van der Waals surface area contributed by atoms with E-state index in [0.29, 0.717) is 5.25 Å². The van der Waals surface area contributed by atoms with Gasteiger partial charge in [0.25, 0.3) is 0 Å². The Morgan fingerprint density at radius 3 is 2.54 bits per heavy atom. The maximum atomic E-state index is 12.2. The molecule has 5 rings (SSSR count). The summed E-state index contributed by atoms with van der Waals surface area (Å²) >= 11 is 2.83. The van der Waals surface area contributed by atoms with Crippen LogP contribution in [-0.4, -0.2) is 49.8 Å². The highest BCUT2D eigenvalue weighted by Gasteiger charge is 2.62. The monoisotopic (exact) mass is 395 g/mol. The molecule has 1 aromatic heterocycles. The third-order valence-corrected chi connectivity index (χ3v) is 7.28. The molecule has 5 heterocycles. The Labute approximate surface area is 160 Å². The number of ether oxygens (including phenoxy) is 2. The first kappa shape index (κ1) is 17.9. The van der Waals surface area contributed by atoms with Crippen LogP contribution in [0.15, 0.2) is 17.2 Å². The van der Waals surface area contributed by atoms with Gasteiger partial charge in [0, 0.05) is 30.5 Å². The molecule has 140 valence electrons. The number of hydrogen-bond donors (Lipinski definition) is 0. The van der Waals surface area contributed by atoms with Gasteiger partial charge in [-0.3, -0.25) is 0 Å². The molecular formula is C17H21N3O4S2. The first-order valence-electron chi connectivity index (χ1n) is 8.91. The van der Waals surface area contributed by atoms with Crippen LogP contribution in [0.2, 0.25) is 0 Å². The molecule has 0 radical (unpaired) electrons. The summed E-state index contributed by atoms with van der Waals surface area (Å²) in [5, 5.41) is 1.25. The molecule has 3 saturated heterocycles. The van der Waals surface area contributed by atoms with Crippen LogP contribution >= 0.6 is 23.5 Å². The molecule has 4 aliphatic heterocycles. The number of hydrogen-bond acceptors (Lipinski definition) is 9. The van der Waals surface area contributed by atoms with E-state index in [4.69, 9.17) is 9.47 Å². The quantitative estimate of drug-likeness (QED) is 0.568. The lowest BCUT2D eigenvalue weighted by Gasteiger charge is -2.55.